The van der Waals surface area contributed by atoms with Gasteiger partial charge in [-0.2, -0.15) is 13.2 Å². The zero-order valence-corrected chi connectivity index (χ0v) is 19.0. The van der Waals surface area contributed by atoms with Crippen molar-refractivity contribution in [1.82, 2.24) is 25.6 Å². The number of rotatable bonds is 6. The molecule has 1 fully saturated rings. The van der Waals surface area contributed by atoms with Gasteiger partial charge in [0.15, 0.2) is 17.6 Å². The van der Waals surface area contributed by atoms with E-state index in [0.29, 0.717) is 31.4 Å². The van der Waals surface area contributed by atoms with Crippen molar-refractivity contribution in [2.75, 3.05) is 43.4 Å². The molecule has 13 heteroatoms. The molecule has 3 N–H and O–H groups in total. The fourth-order valence-corrected chi connectivity index (χ4v) is 3.03. The van der Waals surface area contributed by atoms with E-state index in [1.165, 1.54) is 6.07 Å². The van der Waals surface area contributed by atoms with Gasteiger partial charge in [-0.25, -0.2) is 19.3 Å². The summed E-state index contributed by atoms with van der Waals surface area (Å²) in [5.74, 6) is 0.409. The van der Waals surface area contributed by atoms with E-state index in [-0.39, 0.29) is 48.3 Å². The van der Waals surface area contributed by atoms with Crippen LogP contribution in [0.4, 0.5) is 29.3 Å². The maximum atomic E-state index is 13.9. The largest absolute Gasteiger partial charge is 0.433 e. The molecule has 0 spiro atoms. The molecule has 1 saturated heterocycles. The van der Waals surface area contributed by atoms with Crippen molar-refractivity contribution >= 4 is 41.7 Å². The Hall–Kier alpha value is -2.45. The van der Waals surface area contributed by atoms with Crippen LogP contribution in [0.15, 0.2) is 35.6 Å². The number of aliphatic imine (C=N–C) groups is 1. The minimum absolute atomic E-state index is 0. The molecular formula is C18H23F4IN8. The highest BCUT2D eigenvalue weighted by Crippen LogP contribution is 2.27. The summed E-state index contributed by atoms with van der Waals surface area (Å²) >= 11 is 0. The number of guanidine groups is 1. The number of nitrogens with zero attached hydrogens (tertiary/aromatic N) is 5. The zero-order chi connectivity index (χ0) is 21.6. The third kappa shape index (κ3) is 7.04. The van der Waals surface area contributed by atoms with Crippen molar-refractivity contribution in [3.05, 3.63) is 42.1 Å². The Morgan fingerprint density at radius 2 is 2.03 bits per heavy atom. The van der Waals surface area contributed by atoms with Crippen LogP contribution in [0.5, 0.6) is 0 Å². The van der Waals surface area contributed by atoms with Crippen LogP contribution in [-0.2, 0) is 6.18 Å². The highest BCUT2D eigenvalue weighted by atomic mass is 127. The molecule has 0 radical (unpaired) electrons. The van der Waals surface area contributed by atoms with Crippen LogP contribution in [0.2, 0.25) is 0 Å². The molecule has 3 rings (SSSR count). The van der Waals surface area contributed by atoms with Crippen molar-refractivity contribution < 1.29 is 17.6 Å². The third-order valence-corrected chi connectivity index (χ3v) is 4.44. The molecular weight excluding hydrogens is 531 g/mol. The van der Waals surface area contributed by atoms with Crippen molar-refractivity contribution in [2.45, 2.75) is 18.6 Å². The number of halogens is 5. The molecule has 1 aliphatic heterocycles. The fourth-order valence-electron chi connectivity index (χ4n) is 3.03. The normalized spacial score (nSPS) is 16.6. The lowest BCUT2D eigenvalue weighted by Crippen LogP contribution is -2.45. The van der Waals surface area contributed by atoms with Gasteiger partial charge in [-0.05, 0) is 24.6 Å². The molecule has 3 heterocycles. The second-order valence-corrected chi connectivity index (χ2v) is 6.57. The minimum atomic E-state index is -4.52. The monoisotopic (exact) mass is 554 g/mol. The zero-order valence-electron chi connectivity index (χ0n) is 16.7. The molecule has 0 aromatic carbocycles. The van der Waals surface area contributed by atoms with E-state index in [2.05, 4.69) is 35.9 Å². The van der Waals surface area contributed by atoms with Crippen molar-refractivity contribution in [1.29, 1.82) is 0 Å². The maximum absolute atomic E-state index is 13.9. The molecule has 0 amide bonds. The molecule has 2 aromatic heterocycles. The molecule has 1 atom stereocenters. The predicted molar refractivity (Wildman–Crippen MR) is 120 cm³/mol. The number of hydrogen-bond donors (Lipinski definition) is 3. The predicted octanol–water partition coefficient (Wildman–Crippen LogP) is 2.50. The Balaban J connectivity index is 0.00000341. The molecule has 1 unspecified atom stereocenters. The average Bonchev–Trinajstić information content (AvgIpc) is 3.18. The molecule has 0 saturated carbocycles. The summed E-state index contributed by atoms with van der Waals surface area (Å²) in [6.07, 6.45) is -1.12. The number of pyridine rings is 1. The molecule has 0 bridgehead atoms. The molecule has 8 nitrogen and oxygen atoms in total. The van der Waals surface area contributed by atoms with Gasteiger partial charge in [0.25, 0.3) is 0 Å². The van der Waals surface area contributed by atoms with E-state index in [9.17, 15) is 17.6 Å². The van der Waals surface area contributed by atoms with Crippen LogP contribution < -0.4 is 20.9 Å². The highest BCUT2D eigenvalue weighted by molar-refractivity contribution is 14.0. The topological polar surface area (TPSA) is 90.4 Å². The maximum Gasteiger partial charge on any atom is 0.433 e. The van der Waals surface area contributed by atoms with Crippen LogP contribution in [-0.4, -0.2) is 60.2 Å². The van der Waals surface area contributed by atoms with Gasteiger partial charge in [0.1, 0.15) is 5.69 Å². The lowest BCUT2D eigenvalue weighted by Gasteiger charge is -2.20. The van der Waals surface area contributed by atoms with Gasteiger partial charge < -0.3 is 20.9 Å². The van der Waals surface area contributed by atoms with Gasteiger partial charge in [0.2, 0.25) is 5.95 Å². The second-order valence-electron chi connectivity index (χ2n) is 6.57. The molecule has 170 valence electrons. The Morgan fingerprint density at radius 1 is 1.23 bits per heavy atom. The number of aromatic nitrogens is 3. The average molecular weight is 554 g/mol. The molecule has 2 aromatic rings. The van der Waals surface area contributed by atoms with Crippen molar-refractivity contribution in [2.24, 2.45) is 4.99 Å². The lowest BCUT2D eigenvalue weighted by molar-refractivity contribution is -0.141. The first-order valence-corrected chi connectivity index (χ1v) is 9.33. The van der Waals surface area contributed by atoms with E-state index in [4.69, 9.17) is 0 Å². The Labute approximate surface area is 194 Å². The van der Waals surface area contributed by atoms with Crippen LogP contribution >= 0.6 is 24.0 Å². The van der Waals surface area contributed by atoms with Gasteiger partial charge in [0, 0.05) is 51.7 Å². The van der Waals surface area contributed by atoms with E-state index in [0.717, 1.165) is 18.7 Å². The first kappa shape index (κ1) is 24.8. The summed E-state index contributed by atoms with van der Waals surface area (Å²) in [4.78, 5) is 17.3. The number of nitrogens with one attached hydrogen (secondary N) is 3. The summed E-state index contributed by atoms with van der Waals surface area (Å²) in [7, 11) is 1.61. The van der Waals surface area contributed by atoms with Gasteiger partial charge in [-0.15, -0.1) is 24.0 Å². The molecule has 0 aliphatic carbocycles. The third-order valence-electron chi connectivity index (χ3n) is 4.44. The van der Waals surface area contributed by atoms with Crippen LogP contribution in [0.25, 0.3) is 0 Å². The summed E-state index contributed by atoms with van der Waals surface area (Å²) in [6.45, 7) is 1.91. The Kier molecular flexibility index (Phi) is 9.00. The van der Waals surface area contributed by atoms with Gasteiger partial charge >= 0.3 is 6.18 Å². The minimum Gasteiger partial charge on any atom is -0.355 e. The second kappa shape index (κ2) is 11.2. The summed E-state index contributed by atoms with van der Waals surface area (Å²) in [5, 5.41) is 9.06. The van der Waals surface area contributed by atoms with E-state index in [1.54, 1.807) is 19.3 Å². The molecule has 31 heavy (non-hydrogen) atoms. The quantitative estimate of drug-likeness (QED) is 0.166. The van der Waals surface area contributed by atoms with Crippen LogP contribution in [0.3, 0.4) is 0 Å². The van der Waals surface area contributed by atoms with Crippen molar-refractivity contribution in [3.8, 4) is 0 Å². The highest BCUT2D eigenvalue weighted by Gasteiger charge is 2.32. The Bertz CT molecular complexity index is 880. The Morgan fingerprint density at radius 3 is 2.74 bits per heavy atom. The number of alkyl halides is 3. The van der Waals surface area contributed by atoms with E-state index >= 15 is 0 Å². The first-order chi connectivity index (χ1) is 14.4. The van der Waals surface area contributed by atoms with Crippen LogP contribution in [0.1, 0.15) is 12.1 Å². The smallest absolute Gasteiger partial charge is 0.355 e. The first-order valence-electron chi connectivity index (χ1n) is 9.33. The van der Waals surface area contributed by atoms with Crippen LogP contribution in [0, 0.1) is 5.82 Å². The van der Waals surface area contributed by atoms with Gasteiger partial charge in [-0.1, -0.05) is 0 Å². The standard InChI is InChI=1S/C18H22F4N8.HI/c1-23-16(26-8-9-27-17-25-7-4-14(29-17)18(20,21)22)28-12-5-10-30(11-12)15-13(19)3-2-6-24-15;/h2-4,6-7,12H,5,8-11H2,1H3,(H2,23,26,28)(H,25,27,29);1H. The number of anilines is 2. The lowest BCUT2D eigenvalue weighted by atomic mass is 10.3. The summed E-state index contributed by atoms with van der Waals surface area (Å²) in [5.41, 5.74) is -0.999. The fraction of sp³-hybridized carbons (Fsp3) is 0.444. The summed E-state index contributed by atoms with van der Waals surface area (Å²) < 4.78 is 51.9. The van der Waals surface area contributed by atoms with Gasteiger partial charge in [-0.3, -0.25) is 4.99 Å². The van der Waals surface area contributed by atoms with Crippen molar-refractivity contribution in [3.63, 3.8) is 0 Å². The van der Waals surface area contributed by atoms with E-state index in [1.807, 2.05) is 4.90 Å². The number of hydrogen-bond acceptors (Lipinski definition) is 6. The molecule has 1 aliphatic rings. The van der Waals surface area contributed by atoms with E-state index < -0.39 is 11.9 Å². The SMILES string of the molecule is CN=C(NCCNc1nccc(C(F)(F)F)n1)NC1CCN(c2ncccc2F)C1.I. The summed E-state index contributed by atoms with van der Waals surface area (Å²) in [6, 6.07) is 3.80. The van der Waals surface area contributed by atoms with Gasteiger partial charge in [0.05, 0.1) is 0 Å².